The second-order valence-electron chi connectivity index (χ2n) is 6.00. The van der Waals surface area contributed by atoms with Crippen molar-refractivity contribution in [2.24, 2.45) is 5.73 Å². The summed E-state index contributed by atoms with van der Waals surface area (Å²) in [5.74, 6) is 0.893. The molecule has 0 heterocycles. The largest absolute Gasteiger partial charge is 0.489 e. The van der Waals surface area contributed by atoms with E-state index in [1.165, 1.54) is 27.8 Å². The Bertz CT molecular complexity index is 621. The Balaban J connectivity index is 2.26. The number of hydrogen-bond donors (Lipinski definition) is 1. The van der Waals surface area contributed by atoms with Crippen molar-refractivity contribution in [3.63, 3.8) is 0 Å². The van der Waals surface area contributed by atoms with E-state index in [0.29, 0.717) is 6.61 Å². The van der Waals surface area contributed by atoms with Crippen LogP contribution in [-0.4, -0.2) is 0 Å². The Morgan fingerprint density at radius 3 is 2.14 bits per heavy atom. The predicted molar refractivity (Wildman–Crippen MR) is 88.8 cm³/mol. The number of nitrogens with two attached hydrogens (primary N) is 1. The van der Waals surface area contributed by atoms with E-state index in [9.17, 15) is 0 Å². The van der Waals surface area contributed by atoms with Crippen molar-refractivity contribution in [3.8, 4) is 5.75 Å². The topological polar surface area (TPSA) is 35.2 Å². The summed E-state index contributed by atoms with van der Waals surface area (Å²) in [7, 11) is 0. The summed E-state index contributed by atoms with van der Waals surface area (Å²) in [5.41, 5.74) is 13.4. The van der Waals surface area contributed by atoms with Gasteiger partial charge in [-0.2, -0.15) is 0 Å². The van der Waals surface area contributed by atoms with Gasteiger partial charge in [0.25, 0.3) is 0 Å². The molecule has 2 nitrogen and oxygen atoms in total. The molecule has 2 N–H and O–H groups in total. The maximum atomic E-state index is 6.09. The van der Waals surface area contributed by atoms with Crippen LogP contribution in [0.4, 0.5) is 0 Å². The van der Waals surface area contributed by atoms with Crippen LogP contribution in [-0.2, 0) is 6.61 Å². The molecular weight excluding hydrogens is 258 g/mol. The van der Waals surface area contributed by atoms with Gasteiger partial charge in [0.15, 0.2) is 0 Å². The van der Waals surface area contributed by atoms with E-state index in [-0.39, 0.29) is 6.04 Å². The standard InChI is InChI=1S/C19H25NO/c1-12-6-7-17(16(5)20)19(10-12)21-11-18-14(3)8-13(2)9-15(18)4/h6-10,16H,11,20H2,1-5H3. The van der Waals surface area contributed by atoms with Crippen molar-refractivity contribution in [3.05, 3.63) is 63.7 Å². The second kappa shape index (κ2) is 6.31. The Kier molecular flexibility index (Phi) is 4.69. The molecule has 2 aromatic rings. The van der Waals surface area contributed by atoms with E-state index in [2.05, 4.69) is 58.0 Å². The first-order valence-corrected chi connectivity index (χ1v) is 7.44. The van der Waals surface area contributed by atoms with Gasteiger partial charge in [-0.3, -0.25) is 0 Å². The molecule has 2 rings (SSSR count). The summed E-state index contributed by atoms with van der Waals surface area (Å²) in [4.78, 5) is 0. The first kappa shape index (κ1) is 15.6. The van der Waals surface area contributed by atoms with Crippen molar-refractivity contribution in [1.82, 2.24) is 0 Å². The Labute approximate surface area is 127 Å². The van der Waals surface area contributed by atoms with Crippen molar-refractivity contribution >= 4 is 0 Å². The molecule has 0 bridgehead atoms. The average Bonchev–Trinajstić information content (AvgIpc) is 2.37. The van der Waals surface area contributed by atoms with Gasteiger partial charge in [0, 0.05) is 11.6 Å². The van der Waals surface area contributed by atoms with Crippen LogP contribution in [0.5, 0.6) is 5.75 Å². The van der Waals surface area contributed by atoms with E-state index in [4.69, 9.17) is 10.5 Å². The van der Waals surface area contributed by atoms with Gasteiger partial charge in [-0.15, -0.1) is 0 Å². The summed E-state index contributed by atoms with van der Waals surface area (Å²) in [6.07, 6.45) is 0. The molecule has 0 radical (unpaired) electrons. The predicted octanol–water partition coefficient (Wildman–Crippen LogP) is 4.52. The van der Waals surface area contributed by atoms with Crippen LogP contribution in [0.25, 0.3) is 0 Å². The fourth-order valence-corrected chi connectivity index (χ4v) is 2.73. The summed E-state index contributed by atoms with van der Waals surface area (Å²) in [5, 5.41) is 0. The van der Waals surface area contributed by atoms with Crippen LogP contribution < -0.4 is 10.5 Å². The number of rotatable bonds is 4. The molecule has 21 heavy (non-hydrogen) atoms. The normalized spacial score (nSPS) is 12.3. The molecule has 112 valence electrons. The molecule has 0 aromatic heterocycles. The minimum atomic E-state index is -0.0270. The van der Waals surface area contributed by atoms with Crippen molar-refractivity contribution in [1.29, 1.82) is 0 Å². The monoisotopic (exact) mass is 283 g/mol. The number of benzene rings is 2. The number of hydrogen-bond acceptors (Lipinski definition) is 2. The highest BCUT2D eigenvalue weighted by molar-refractivity contribution is 5.41. The Hall–Kier alpha value is -1.80. The summed E-state index contributed by atoms with van der Waals surface area (Å²) < 4.78 is 6.09. The van der Waals surface area contributed by atoms with Crippen LogP contribution in [0.15, 0.2) is 30.3 Å². The van der Waals surface area contributed by atoms with Gasteiger partial charge >= 0.3 is 0 Å². The van der Waals surface area contributed by atoms with Crippen LogP contribution in [0.3, 0.4) is 0 Å². The average molecular weight is 283 g/mol. The van der Waals surface area contributed by atoms with Gasteiger partial charge in [0.1, 0.15) is 12.4 Å². The van der Waals surface area contributed by atoms with E-state index >= 15 is 0 Å². The lowest BCUT2D eigenvalue weighted by atomic mass is 10.0. The van der Waals surface area contributed by atoms with Gasteiger partial charge in [-0.05, 0) is 62.9 Å². The Morgan fingerprint density at radius 1 is 0.952 bits per heavy atom. The second-order valence-corrected chi connectivity index (χ2v) is 6.00. The quantitative estimate of drug-likeness (QED) is 0.895. The highest BCUT2D eigenvalue weighted by Crippen LogP contribution is 2.27. The van der Waals surface area contributed by atoms with Gasteiger partial charge in [0.2, 0.25) is 0 Å². The van der Waals surface area contributed by atoms with E-state index in [1.54, 1.807) is 0 Å². The third kappa shape index (κ3) is 3.64. The molecule has 0 saturated heterocycles. The maximum Gasteiger partial charge on any atom is 0.124 e. The summed E-state index contributed by atoms with van der Waals surface area (Å²) >= 11 is 0. The first-order chi connectivity index (χ1) is 9.88. The van der Waals surface area contributed by atoms with Crippen LogP contribution in [0.1, 0.15) is 46.3 Å². The minimum absolute atomic E-state index is 0.0270. The molecule has 0 saturated carbocycles. The molecule has 0 aliphatic heterocycles. The zero-order valence-corrected chi connectivity index (χ0v) is 13.7. The lowest BCUT2D eigenvalue weighted by Crippen LogP contribution is -2.09. The number of ether oxygens (including phenoxy) is 1. The molecule has 0 amide bonds. The fraction of sp³-hybridized carbons (Fsp3) is 0.368. The molecule has 0 aliphatic rings. The van der Waals surface area contributed by atoms with Crippen molar-refractivity contribution in [2.75, 3.05) is 0 Å². The van der Waals surface area contributed by atoms with E-state index < -0.39 is 0 Å². The van der Waals surface area contributed by atoms with Crippen LogP contribution in [0, 0.1) is 27.7 Å². The summed E-state index contributed by atoms with van der Waals surface area (Å²) in [6, 6.07) is 10.6. The SMILES string of the molecule is Cc1cc(C)c(COc2cc(C)ccc2C(C)N)c(C)c1. The molecule has 1 unspecified atom stereocenters. The zero-order valence-electron chi connectivity index (χ0n) is 13.7. The minimum Gasteiger partial charge on any atom is -0.489 e. The molecule has 0 spiro atoms. The lowest BCUT2D eigenvalue weighted by molar-refractivity contribution is 0.299. The van der Waals surface area contributed by atoms with Crippen molar-refractivity contribution < 1.29 is 4.74 Å². The molecule has 0 fully saturated rings. The number of aryl methyl sites for hydroxylation is 4. The van der Waals surface area contributed by atoms with E-state index in [1.807, 2.05) is 6.92 Å². The maximum absolute atomic E-state index is 6.09. The molecular formula is C19H25NO. The highest BCUT2D eigenvalue weighted by Gasteiger charge is 2.10. The van der Waals surface area contributed by atoms with Gasteiger partial charge in [0.05, 0.1) is 0 Å². The third-order valence-corrected chi connectivity index (χ3v) is 3.87. The molecule has 1 atom stereocenters. The first-order valence-electron chi connectivity index (χ1n) is 7.44. The highest BCUT2D eigenvalue weighted by atomic mass is 16.5. The van der Waals surface area contributed by atoms with Crippen LogP contribution in [0.2, 0.25) is 0 Å². The Morgan fingerprint density at radius 2 is 1.57 bits per heavy atom. The fourth-order valence-electron chi connectivity index (χ4n) is 2.73. The van der Waals surface area contributed by atoms with Gasteiger partial charge in [-0.25, -0.2) is 0 Å². The summed E-state index contributed by atoms with van der Waals surface area (Å²) in [6.45, 7) is 11.0. The van der Waals surface area contributed by atoms with Crippen molar-refractivity contribution in [2.45, 2.75) is 47.3 Å². The van der Waals surface area contributed by atoms with Gasteiger partial charge in [-0.1, -0.05) is 29.8 Å². The smallest absolute Gasteiger partial charge is 0.124 e. The van der Waals surface area contributed by atoms with E-state index in [0.717, 1.165) is 11.3 Å². The molecule has 2 heteroatoms. The molecule has 0 aliphatic carbocycles. The van der Waals surface area contributed by atoms with Gasteiger partial charge < -0.3 is 10.5 Å². The molecule has 2 aromatic carbocycles. The van der Waals surface area contributed by atoms with Crippen LogP contribution >= 0.6 is 0 Å². The lowest BCUT2D eigenvalue weighted by Gasteiger charge is -2.17. The zero-order chi connectivity index (χ0) is 15.6. The third-order valence-electron chi connectivity index (χ3n) is 3.87.